The lowest BCUT2D eigenvalue weighted by molar-refractivity contribution is 0.0715. The van der Waals surface area contributed by atoms with Gasteiger partial charge in [-0.25, -0.2) is 0 Å². The molecule has 4 nitrogen and oxygen atoms in total. The number of carbonyl (C=O) groups is 1. The molecular formula is C12H19Cl2N3O. The number of nitrogens with zero attached hydrogens (tertiary/aromatic N) is 1. The van der Waals surface area contributed by atoms with Crippen LogP contribution in [0.1, 0.15) is 29.8 Å². The summed E-state index contributed by atoms with van der Waals surface area (Å²) in [5.41, 5.74) is 0.565. The van der Waals surface area contributed by atoms with E-state index in [2.05, 4.69) is 10.3 Å². The zero-order valence-electron chi connectivity index (χ0n) is 10.4. The van der Waals surface area contributed by atoms with Crippen molar-refractivity contribution in [2.24, 2.45) is 0 Å². The smallest absolute Gasteiger partial charge is 0.270 e. The van der Waals surface area contributed by atoms with Crippen LogP contribution in [0.2, 0.25) is 5.02 Å². The maximum atomic E-state index is 12.2. The Morgan fingerprint density at radius 1 is 1.44 bits per heavy atom. The van der Waals surface area contributed by atoms with Crippen molar-refractivity contribution in [3.63, 3.8) is 0 Å². The van der Waals surface area contributed by atoms with Gasteiger partial charge in [0.2, 0.25) is 0 Å². The molecule has 1 saturated heterocycles. The summed E-state index contributed by atoms with van der Waals surface area (Å²) in [4.78, 5) is 16.9. The number of aromatic nitrogens is 1. The Kier molecular flexibility index (Phi) is 5.99. The summed E-state index contributed by atoms with van der Waals surface area (Å²) in [6.45, 7) is 2.03. The summed E-state index contributed by atoms with van der Waals surface area (Å²) in [6, 6.07) is 1.99. The number of halogens is 2. The van der Waals surface area contributed by atoms with Crippen molar-refractivity contribution >= 4 is 29.9 Å². The summed E-state index contributed by atoms with van der Waals surface area (Å²) >= 11 is 5.81. The minimum absolute atomic E-state index is 0. The number of hydrogen-bond acceptors (Lipinski definition) is 2. The Morgan fingerprint density at radius 3 is 2.89 bits per heavy atom. The first kappa shape index (κ1) is 15.3. The highest BCUT2D eigenvalue weighted by Crippen LogP contribution is 2.16. The van der Waals surface area contributed by atoms with E-state index in [1.165, 1.54) is 0 Å². The maximum absolute atomic E-state index is 12.2. The first-order valence-corrected chi connectivity index (χ1v) is 6.38. The molecule has 0 saturated carbocycles. The van der Waals surface area contributed by atoms with Crippen molar-refractivity contribution in [2.45, 2.75) is 25.3 Å². The van der Waals surface area contributed by atoms with Crippen molar-refractivity contribution in [2.75, 3.05) is 20.1 Å². The molecule has 1 aromatic rings. The highest BCUT2D eigenvalue weighted by Gasteiger charge is 2.22. The molecule has 1 fully saturated rings. The number of carbonyl (C=O) groups excluding carboxylic acids is 1. The van der Waals surface area contributed by atoms with Gasteiger partial charge in [0, 0.05) is 19.3 Å². The van der Waals surface area contributed by atoms with Gasteiger partial charge in [0.1, 0.15) is 5.69 Å². The van der Waals surface area contributed by atoms with Crippen molar-refractivity contribution in [1.29, 1.82) is 0 Å². The molecule has 6 heteroatoms. The topological polar surface area (TPSA) is 48.1 Å². The fourth-order valence-electron chi connectivity index (χ4n) is 2.24. The second-order valence-electron chi connectivity index (χ2n) is 4.48. The van der Waals surface area contributed by atoms with E-state index in [-0.39, 0.29) is 18.3 Å². The Hall–Kier alpha value is -0.710. The molecular weight excluding hydrogens is 273 g/mol. The van der Waals surface area contributed by atoms with E-state index in [1.807, 2.05) is 11.9 Å². The van der Waals surface area contributed by atoms with Gasteiger partial charge in [0.05, 0.1) is 5.02 Å². The van der Waals surface area contributed by atoms with Gasteiger partial charge in [0.15, 0.2) is 0 Å². The molecule has 1 amide bonds. The first-order chi connectivity index (χ1) is 8.18. The summed E-state index contributed by atoms with van der Waals surface area (Å²) in [6.07, 6.45) is 4.82. The van der Waals surface area contributed by atoms with E-state index >= 15 is 0 Å². The lowest BCUT2D eigenvalue weighted by Crippen LogP contribution is -2.37. The zero-order chi connectivity index (χ0) is 12.3. The van der Waals surface area contributed by atoms with Crippen LogP contribution < -0.4 is 5.32 Å². The van der Waals surface area contributed by atoms with Crippen LogP contribution in [-0.2, 0) is 0 Å². The van der Waals surface area contributed by atoms with Gasteiger partial charge in [-0.15, -0.1) is 12.4 Å². The van der Waals surface area contributed by atoms with E-state index in [0.29, 0.717) is 16.8 Å². The molecule has 18 heavy (non-hydrogen) atoms. The van der Waals surface area contributed by atoms with Crippen LogP contribution in [0.15, 0.2) is 12.3 Å². The molecule has 2 N–H and O–H groups in total. The van der Waals surface area contributed by atoms with Crippen molar-refractivity contribution < 1.29 is 4.79 Å². The average Bonchev–Trinajstić information content (AvgIpc) is 2.60. The largest absolute Gasteiger partial charge is 0.356 e. The molecule has 1 aliphatic heterocycles. The average molecular weight is 292 g/mol. The molecule has 102 valence electrons. The number of aromatic amines is 1. The van der Waals surface area contributed by atoms with Gasteiger partial charge in [-0.05, 0) is 38.4 Å². The Bertz CT molecular complexity index is 386. The van der Waals surface area contributed by atoms with Gasteiger partial charge in [-0.3, -0.25) is 4.79 Å². The Balaban J connectivity index is 0.00000162. The molecule has 2 rings (SSSR count). The first-order valence-electron chi connectivity index (χ1n) is 6.00. The fourth-order valence-corrected chi connectivity index (χ4v) is 2.40. The highest BCUT2D eigenvalue weighted by atomic mass is 35.5. The summed E-state index contributed by atoms with van der Waals surface area (Å²) < 4.78 is 0. The molecule has 1 atom stereocenters. The van der Waals surface area contributed by atoms with E-state index in [4.69, 9.17) is 11.6 Å². The van der Waals surface area contributed by atoms with Crippen molar-refractivity contribution in [3.05, 3.63) is 23.0 Å². The Labute approximate surface area is 118 Å². The van der Waals surface area contributed by atoms with Crippen molar-refractivity contribution in [1.82, 2.24) is 15.2 Å². The fraction of sp³-hybridized carbons (Fsp3) is 0.583. The number of H-pyrrole nitrogens is 1. The predicted molar refractivity (Wildman–Crippen MR) is 75.7 cm³/mol. The third-order valence-electron chi connectivity index (χ3n) is 3.29. The molecule has 1 aliphatic rings. The van der Waals surface area contributed by atoms with E-state index < -0.39 is 0 Å². The van der Waals surface area contributed by atoms with Gasteiger partial charge < -0.3 is 15.2 Å². The molecule has 2 heterocycles. The summed E-state index contributed by atoms with van der Waals surface area (Å²) in [5, 5.41) is 3.92. The lowest BCUT2D eigenvalue weighted by atomic mass is 10.1. The lowest BCUT2D eigenvalue weighted by Gasteiger charge is -2.26. The van der Waals surface area contributed by atoms with Crippen LogP contribution in [0.4, 0.5) is 0 Å². The zero-order valence-corrected chi connectivity index (χ0v) is 12.0. The van der Waals surface area contributed by atoms with Crippen LogP contribution in [0.5, 0.6) is 0 Å². The minimum Gasteiger partial charge on any atom is -0.356 e. The number of rotatable bonds is 2. The second kappa shape index (κ2) is 7.02. The number of amides is 1. The quantitative estimate of drug-likeness (QED) is 0.878. The van der Waals surface area contributed by atoms with Crippen LogP contribution in [-0.4, -0.2) is 42.0 Å². The molecule has 1 aromatic heterocycles. The Morgan fingerprint density at radius 2 is 2.22 bits per heavy atom. The second-order valence-corrected chi connectivity index (χ2v) is 4.92. The van der Waals surface area contributed by atoms with Crippen LogP contribution >= 0.6 is 24.0 Å². The molecule has 0 aromatic carbocycles. The van der Waals surface area contributed by atoms with Crippen molar-refractivity contribution in [3.8, 4) is 0 Å². The third-order valence-corrected chi connectivity index (χ3v) is 3.51. The SMILES string of the molecule is CN(C(=O)c1cc(Cl)c[nH]1)C1CCCNCC1.Cl. The molecule has 0 spiro atoms. The summed E-state index contributed by atoms with van der Waals surface area (Å²) in [5.74, 6) is 0.0174. The third kappa shape index (κ3) is 3.64. The van der Waals surface area contributed by atoms with Crippen LogP contribution in [0.3, 0.4) is 0 Å². The minimum atomic E-state index is 0. The van der Waals surface area contributed by atoms with Crippen LogP contribution in [0.25, 0.3) is 0 Å². The van der Waals surface area contributed by atoms with Gasteiger partial charge >= 0.3 is 0 Å². The standard InChI is InChI=1S/C12H18ClN3O.ClH/c1-16(10-3-2-5-14-6-4-10)12(17)11-7-9(13)8-15-11;/h7-8,10,14-15H,2-6H2,1H3;1H. The molecule has 0 radical (unpaired) electrons. The van der Waals surface area contributed by atoms with Gasteiger partial charge in [0.25, 0.3) is 5.91 Å². The number of nitrogens with one attached hydrogen (secondary N) is 2. The van der Waals surface area contributed by atoms with E-state index in [0.717, 1.165) is 32.4 Å². The normalized spacial score (nSPS) is 19.8. The van der Waals surface area contributed by atoms with Crippen LogP contribution in [0, 0.1) is 0 Å². The van der Waals surface area contributed by atoms with E-state index in [9.17, 15) is 4.79 Å². The highest BCUT2D eigenvalue weighted by molar-refractivity contribution is 6.30. The molecule has 1 unspecified atom stereocenters. The van der Waals surface area contributed by atoms with E-state index in [1.54, 1.807) is 12.3 Å². The maximum Gasteiger partial charge on any atom is 0.270 e. The molecule has 0 bridgehead atoms. The molecule has 0 aliphatic carbocycles. The van der Waals surface area contributed by atoms with Gasteiger partial charge in [-0.2, -0.15) is 0 Å². The van der Waals surface area contributed by atoms with Gasteiger partial charge in [-0.1, -0.05) is 11.6 Å². The number of hydrogen-bond donors (Lipinski definition) is 2. The summed E-state index contributed by atoms with van der Waals surface area (Å²) in [7, 11) is 1.87. The monoisotopic (exact) mass is 291 g/mol. The predicted octanol–water partition coefficient (Wildman–Crippen LogP) is 2.30.